The maximum Gasteiger partial charge on any atom is 0.383 e. The summed E-state index contributed by atoms with van der Waals surface area (Å²) in [7, 11) is 0. The lowest BCUT2D eigenvalue weighted by atomic mass is 10.2. The van der Waals surface area contributed by atoms with E-state index in [9.17, 15) is 31.5 Å². The first kappa shape index (κ1) is 15.9. The van der Waals surface area contributed by atoms with Crippen LogP contribution in [0.2, 0.25) is 0 Å². The zero-order valence-corrected chi connectivity index (χ0v) is 10.0. The maximum absolute atomic E-state index is 13.2. The molecule has 0 aliphatic heterocycles. The summed E-state index contributed by atoms with van der Waals surface area (Å²) >= 11 is 0. The number of halogens is 5. The molecule has 2 amide bonds. The Hall–Kier alpha value is -2.19. The van der Waals surface area contributed by atoms with Gasteiger partial charge in [0, 0.05) is 12.6 Å². The number of rotatable bonds is 4. The Morgan fingerprint density at radius 3 is 2.30 bits per heavy atom. The van der Waals surface area contributed by atoms with Crippen molar-refractivity contribution in [3.8, 4) is 0 Å². The van der Waals surface area contributed by atoms with Gasteiger partial charge in [-0.25, -0.2) is 13.2 Å². The third kappa shape index (κ3) is 3.65. The van der Waals surface area contributed by atoms with Crippen LogP contribution in [0.25, 0.3) is 0 Å². The monoisotopic (exact) mass is 296 g/mol. The molecule has 1 rings (SSSR count). The second-order valence-electron chi connectivity index (χ2n) is 3.75. The first-order chi connectivity index (χ1) is 9.14. The number of carbonyl (C=O) groups excluding carboxylic acids is 2. The summed E-state index contributed by atoms with van der Waals surface area (Å²) in [5, 5.41) is 3.56. The van der Waals surface area contributed by atoms with Gasteiger partial charge in [0.05, 0.1) is 5.69 Å². The second kappa shape index (κ2) is 5.85. The minimum absolute atomic E-state index is 0.361. The molecule has 2 N–H and O–H groups in total. The molecule has 20 heavy (non-hydrogen) atoms. The minimum Gasteiger partial charge on any atom is -0.324 e. The van der Waals surface area contributed by atoms with Gasteiger partial charge in [0.15, 0.2) is 0 Å². The van der Waals surface area contributed by atoms with Crippen molar-refractivity contribution in [2.75, 3.05) is 10.6 Å². The molecule has 1 aromatic carbocycles. The molecular formula is C11H9F5N2O2. The lowest BCUT2D eigenvalue weighted by Crippen LogP contribution is -2.41. The van der Waals surface area contributed by atoms with Gasteiger partial charge in [0.25, 0.3) is 0 Å². The molecule has 0 radical (unpaired) electrons. The summed E-state index contributed by atoms with van der Waals surface area (Å²) < 4.78 is 62.6. The van der Waals surface area contributed by atoms with Crippen LogP contribution in [0.5, 0.6) is 0 Å². The number of hydrogen-bond donors (Lipinski definition) is 2. The van der Waals surface area contributed by atoms with Crippen LogP contribution in [0.3, 0.4) is 0 Å². The lowest BCUT2D eigenvalue weighted by molar-refractivity contribution is -0.163. The molecule has 0 saturated heterocycles. The zero-order valence-electron chi connectivity index (χ0n) is 10.0. The quantitative estimate of drug-likeness (QED) is 0.839. The molecule has 0 aliphatic carbocycles. The summed E-state index contributed by atoms with van der Waals surface area (Å²) in [6.45, 7) is 1.08. The van der Waals surface area contributed by atoms with Crippen molar-refractivity contribution >= 4 is 23.2 Å². The van der Waals surface area contributed by atoms with Gasteiger partial charge in [-0.15, -0.1) is 0 Å². The highest BCUT2D eigenvalue weighted by molar-refractivity contribution is 5.97. The highest BCUT2D eigenvalue weighted by Crippen LogP contribution is 2.26. The van der Waals surface area contributed by atoms with Crippen LogP contribution in [0.15, 0.2) is 18.2 Å². The molecule has 0 heterocycles. The Morgan fingerprint density at radius 1 is 1.20 bits per heavy atom. The van der Waals surface area contributed by atoms with Crippen LogP contribution in [0, 0.1) is 5.82 Å². The fourth-order valence-electron chi connectivity index (χ4n) is 1.20. The summed E-state index contributed by atoms with van der Waals surface area (Å²) in [5.41, 5.74) is -0.740. The molecule has 4 nitrogen and oxygen atoms in total. The number of carbonyl (C=O) groups is 2. The van der Waals surface area contributed by atoms with Gasteiger partial charge < -0.3 is 10.6 Å². The first-order valence-corrected chi connectivity index (χ1v) is 5.19. The molecule has 1 aromatic rings. The topological polar surface area (TPSA) is 58.2 Å². The van der Waals surface area contributed by atoms with Crippen molar-refractivity contribution in [2.45, 2.75) is 19.3 Å². The van der Waals surface area contributed by atoms with Crippen molar-refractivity contribution in [3.63, 3.8) is 0 Å². The normalized spacial score (nSPS) is 11.3. The Morgan fingerprint density at radius 2 is 1.80 bits per heavy atom. The summed E-state index contributed by atoms with van der Waals surface area (Å²) in [6, 6.07) is 2.50. The predicted octanol–water partition coefficient (Wildman–Crippen LogP) is 2.62. The van der Waals surface area contributed by atoms with Gasteiger partial charge in [0.1, 0.15) is 5.82 Å². The Kier molecular flexibility index (Phi) is 4.64. The molecule has 0 fully saturated rings. The van der Waals surface area contributed by atoms with E-state index in [2.05, 4.69) is 0 Å². The standard InChI is InChI=1S/C11H9F5N2O2/c1-5(19)17-8-4-6(2-3-7(8)12)18-10(20)11(15,16)9(13)14/h2-4,9H,1H3,(H,17,19)(H,18,20). The van der Waals surface area contributed by atoms with Crippen molar-refractivity contribution in [2.24, 2.45) is 0 Å². The van der Waals surface area contributed by atoms with E-state index in [-0.39, 0.29) is 11.4 Å². The summed E-state index contributed by atoms with van der Waals surface area (Å²) in [6.07, 6.45) is -4.17. The molecule has 0 atom stereocenters. The van der Waals surface area contributed by atoms with E-state index in [0.717, 1.165) is 25.1 Å². The van der Waals surface area contributed by atoms with E-state index in [1.165, 1.54) is 5.32 Å². The van der Waals surface area contributed by atoms with Crippen LogP contribution in [0.1, 0.15) is 6.92 Å². The Bertz CT molecular complexity index is 534. The largest absolute Gasteiger partial charge is 0.383 e. The average Bonchev–Trinajstić information content (AvgIpc) is 2.32. The predicted molar refractivity (Wildman–Crippen MR) is 60.3 cm³/mol. The minimum atomic E-state index is -4.87. The van der Waals surface area contributed by atoms with Gasteiger partial charge >= 0.3 is 18.3 Å². The van der Waals surface area contributed by atoms with Crippen molar-refractivity contribution in [1.82, 2.24) is 0 Å². The van der Waals surface area contributed by atoms with Crippen LogP contribution < -0.4 is 10.6 Å². The van der Waals surface area contributed by atoms with Gasteiger partial charge in [-0.05, 0) is 18.2 Å². The SMILES string of the molecule is CC(=O)Nc1cc(NC(=O)C(F)(F)C(F)F)ccc1F. The number of hydrogen-bond acceptors (Lipinski definition) is 2. The highest BCUT2D eigenvalue weighted by Gasteiger charge is 2.48. The Balaban J connectivity index is 2.94. The molecule has 0 spiro atoms. The smallest absolute Gasteiger partial charge is 0.324 e. The summed E-state index contributed by atoms with van der Waals surface area (Å²) in [4.78, 5) is 21.7. The van der Waals surface area contributed by atoms with Crippen molar-refractivity contribution in [1.29, 1.82) is 0 Å². The lowest BCUT2D eigenvalue weighted by Gasteiger charge is -2.15. The van der Waals surface area contributed by atoms with Gasteiger partial charge in [0.2, 0.25) is 5.91 Å². The molecule has 110 valence electrons. The third-order valence-electron chi connectivity index (χ3n) is 2.11. The molecule has 0 saturated carbocycles. The van der Waals surface area contributed by atoms with E-state index in [1.807, 2.05) is 5.32 Å². The van der Waals surface area contributed by atoms with E-state index in [0.29, 0.717) is 0 Å². The molecule has 0 unspecified atom stereocenters. The highest BCUT2D eigenvalue weighted by atomic mass is 19.3. The number of anilines is 2. The zero-order chi connectivity index (χ0) is 15.5. The van der Waals surface area contributed by atoms with E-state index in [4.69, 9.17) is 0 Å². The third-order valence-corrected chi connectivity index (χ3v) is 2.11. The van der Waals surface area contributed by atoms with Gasteiger partial charge in [-0.1, -0.05) is 0 Å². The fraction of sp³-hybridized carbons (Fsp3) is 0.273. The number of benzene rings is 1. The van der Waals surface area contributed by atoms with Crippen LogP contribution in [-0.4, -0.2) is 24.2 Å². The molecule has 0 aromatic heterocycles. The van der Waals surface area contributed by atoms with E-state index < -0.39 is 30.0 Å². The van der Waals surface area contributed by atoms with Gasteiger partial charge in [-0.3, -0.25) is 9.59 Å². The number of alkyl halides is 4. The molecule has 0 bridgehead atoms. The maximum atomic E-state index is 13.2. The van der Waals surface area contributed by atoms with E-state index in [1.54, 1.807) is 0 Å². The molecule has 9 heteroatoms. The second-order valence-corrected chi connectivity index (χ2v) is 3.75. The van der Waals surface area contributed by atoms with Crippen molar-refractivity contribution < 1.29 is 31.5 Å². The number of nitrogens with one attached hydrogen (secondary N) is 2. The van der Waals surface area contributed by atoms with Crippen LogP contribution in [-0.2, 0) is 9.59 Å². The Labute approximate surface area is 110 Å². The first-order valence-electron chi connectivity index (χ1n) is 5.19. The van der Waals surface area contributed by atoms with Crippen molar-refractivity contribution in [3.05, 3.63) is 24.0 Å². The van der Waals surface area contributed by atoms with E-state index >= 15 is 0 Å². The van der Waals surface area contributed by atoms with Crippen LogP contribution >= 0.6 is 0 Å². The fourth-order valence-corrected chi connectivity index (χ4v) is 1.20. The van der Waals surface area contributed by atoms with Crippen LogP contribution in [0.4, 0.5) is 33.3 Å². The number of amides is 2. The summed E-state index contributed by atoms with van der Waals surface area (Å²) in [5.74, 6) is -8.61. The average molecular weight is 296 g/mol. The molecule has 0 aliphatic rings. The molecular weight excluding hydrogens is 287 g/mol. The van der Waals surface area contributed by atoms with Gasteiger partial charge in [-0.2, -0.15) is 8.78 Å².